The lowest BCUT2D eigenvalue weighted by atomic mass is 10.2. The van der Waals surface area contributed by atoms with Gasteiger partial charge in [0, 0.05) is 15.8 Å². The third kappa shape index (κ3) is 5.20. The van der Waals surface area contributed by atoms with Crippen LogP contribution in [0.3, 0.4) is 0 Å². The van der Waals surface area contributed by atoms with Crippen LogP contribution in [-0.2, 0) is 11.2 Å². The molecule has 1 heterocycles. The van der Waals surface area contributed by atoms with Gasteiger partial charge in [0.1, 0.15) is 0 Å². The number of carbonyl (C=O) groups is 1. The quantitative estimate of drug-likeness (QED) is 0.875. The average Bonchev–Trinajstić information content (AvgIpc) is 2.73. The van der Waals surface area contributed by atoms with E-state index < -0.39 is 31.3 Å². The number of alkyl halides is 3. The maximum absolute atomic E-state index is 12.5. The zero-order valence-electron chi connectivity index (χ0n) is 10.7. The summed E-state index contributed by atoms with van der Waals surface area (Å²) in [6, 6.07) is 3.06. The van der Waals surface area contributed by atoms with Crippen molar-refractivity contribution in [1.29, 1.82) is 0 Å². The summed E-state index contributed by atoms with van der Waals surface area (Å²) >= 11 is 1.42. The molecule has 1 unspecified atom stereocenters. The molecule has 1 atom stereocenters. The molecule has 7 heteroatoms. The van der Waals surface area contributed by atoms with Gasteiger partial charge in [0.2, 0.25) is 0 Å². The Kier molecular flexibility index (Phi) is 5.37. The molecule has 1 rings (SSSR count). The van der Waals surface area contributed by atoms with Gasteiger partial charge in [-0.2, -0.15) is 13.2 Å². The Hall–Kier alpha value is -1.08. The molecule has 0 aromatic carbocycles. The van der Waals surface area contributed by atoms with Gasteiger partial charge in [-0.05, 0) is 25.5 Å². The number of hydrogen-bond donors (Lipinski definition) is 1. The van der Waals surface area contributed by atoms with Crippen LogP contribution in [0.1, 0.15) is 29.6 Å². The third-order valence-electron chi connectivity index (χ3n) is 2.71. The summed E-state index contributed by atoms with van der Waals surface area (Å²) in [5.41, 5.74) is 0. The predicted molar refractivity (Wildman–Crippen MR) is 67.4 cm³/mol. The number of aliphatic carboxylic acids is 1. The molecule has 19 heavy (non-hydrogen) atoms. The van der Waals surface area contributed by atoms with Gasteiger partial charge in [-0.15, -0.1) is 11.3 Å². The first kappa shape index (κ1) is 16.0. The van der Waals surface area contributed by atoms with E-state index in [4.69, 9.17) is 5.11 Å². The number of thiophene rings is 1. The molecule has 0 radical (unpaired) electrons. The van der Waals surface area contributed by atoms with Crippen molar-refractivity contribution in [2.24, 2.45) is 0 Å². The standard InChI is InChI=1S/C12H16F3NO2S/c1-3-9-4-5-10(19-9)8(2)16(6-11(17)18)7-12(13,14)15/h4-5,8H,3,6-7H2,1-2H3,(H,17,18). The van der Waals surface area contributed by atoms with Crippen molar-refractivity contribution < 1.29 is 23.1 Å². The minimum Gasteiger partial charge on any atom is -0.480 e. The molecule has 0 bridgehead atoms. The Bertz CT molecular complexity index is 431. The van der Waals surface area contributed by atoms with E-state index in [1.165, 1.54) is 11.3 Å². The summed E-state index contributed by atoms with van der Waals surface area (Å²) in [6.45, 7) is 1.71. The first-order valence-electron chi connectivity index (χ1n) is 5.84. The Morgan fingerprint density at radius 3 is 2.53 bits per heavy atom. The highest BCUT2D eigenvalue weighted by atomic mass is 32.1. The number of aryl methyl sites for hydroxylation is 1. The highest BCUT2D eigenvalue weighted by Crippen LogP contribution is 2.30. The summed E-state index contributed by atoms with van der Waals surface area (Å²) in [7, 11) is 0. The van der Waals surface area contributed by atoms with Gasteiger partial charge in [0.05, 0.1) is 13.1 Å². The summed E-state index contributed by atoms with van der Waals surface area (Å²) < 4.78 is 37.4. The first-order valence-corrected chi connectivity index (χ1v) is 6.65. The largest absolute Gasteiger partial charge is 0.480 e. The SMILES string of the molecule is CCc1ccc(C(C)N(CC(=O)O)CC(F)(F)F)s1. The molecule has 108 valence electrons. The average molecular weight is 295 g/mol. The van der Waals surface area contributed by atoms with Crippen molar-refractivity contribution in [3.8, 4) is 0 Å². The fourth-order valence-electron chi connectivity index (χ4n) is 1.72. The van der Waals surface area contributed by atoms with Gasteiger partial charge >= 0.3 is 12.1 Å². The van der Waals surface area contributed by atoms with Crippen LogP contribution in [0.4, 0.5) is 13.2 Å². The maximum atomic E-state index is 12.5. The minimum absolute atomic E-state index is 0.567. The van der Waals surface area contributed by atoms with E-state index in [-0.39, 0.29) is 0 Å². The Morgan fingerprint density at radius 2 is 2.11 bits per heavy atom. The molecular weight excluding hydrogens is 279 g/mol. The fourth-order valence-corrected chi connectivity index (χ4v) is 2.76. The van der Waals surface area contributed by atoms with Crippen LogP contribution in [0.5, 0.6) is 0 Å². The molecule has 1 aromatic heterocycles. The Morgan fingerprint density at radius 1 is 1.47 bits per heavy atom. The zero-order valence-corrected chi connectivity index (χ0v) is 11.5. The number of hydrogen-bond acceptors (Lipinski definition) is 3. The van der Waals surface area contributed by atoms with E-state index in [1.54, 1.807) is 13.0 Å². The normalized spacial score (nSPS) is 13.8. The second-order valence-electron chi connectivity index (χ2n) is 4.25. The highest BCUT2D eigenvalue weighted by Gasteiger charge is 2.34. The summed E-state index contributed by atoms with van der Waals surface area (Å²) in [5.74, 6) is -1.26. The molecule has 1 aromatic rings. The van der Waals surface area contributed by atoms with Crippen molar-refractivity contribution in [2.45, 2.75) is 32.5 Å². The summed E-state index contributed by atoms with van der Waals surface area (Å²) in [4.78, 5) is 13.4. The van der Waals surface area contributed by atoms with Crippen LogP contribution >= 0.6 is 11.3 Å². The lowest BCUT2D eigenvalue weighted by Gasteiger charge is -2.27. The van der Waals surface area contributed by atoms with Crippen LogP contribution in [-0.4, -0.2) is 35.2 Å². The molecule has 0 spiro atoms. The van der Waals surface area contributed by atoms with E-state index in [1.807, 2.05) is 13.0 Å². The molecule has 0 saturated carbocycles. The molecule has 3 nitrogen and oxygen atoms in total. The highest BCUT2D eigenvalue weighted by molar-refractivity contribution is 7.12. The second-order valence-corrected chi connectivity index (χ2v) is 5.45. The van der Waals surface area contributed by atoms with Gasteiger partial charge in [0.25, 0.3) is 0 Å². The van der Waals surface area contributed by atoms with Gasteiger partial charge in [0.15, 0.2) is 0 Å². The van der Waals surface area contributed by atoms with Crippen LogP contribution in [0, 0.1) is 0 Å². The van der Waals surface area contributed by atoms with Crippen LogP contribution in [0.15, 0.2) is 12.1 Å². The lowest BCUT2D eigenvalue weighted by Crippen LogP contribution is -2.39. The lowest BCUT2D eigenvalue weighted by molar-refractivity contribution is -0.157. The molecule has 0 aliphatic heterocycles. The van der Waals surface area contributed by atoms with Crippen molar-refractivity contribution in [2.75, 3.05) is 13.1 Å². The van der Waals surface area contributed by atoms with E-state index in [0.29, 0.717) is 0 Å². The van der Waals surface area contributed by atoms with Gasteiger partial charge in [-0.25, -0.2) is 0 Å². The van der Waals surface area contributed by atoms with E-state index >= 15 is 0 Å². The van der Waals surface area contributed by atoms with Crippen LogP contribution in [0.25, 0.3) is 0 Å². The van der Waals surface area contributed by atoms with Crippen molar-refractivity contribution >= 4 is 17.3 Å². The maximum Gasteiger partial charge on any atom is 0.401 e. The molecule has 0 fully saturated rings. The van der Waals surface area contributed by atoms with Crippen LogP contribution in [0.2, 0.25) is 0 Å². The second kappa shape index (κ2) is 6.38. The van der Waals surface area contributed by atoms with E-state index in [2.05, 4.69) is 0 Å². The van der Waals surface area contributed by atoms with Crippen molar-refractivity contribution in [1.82, 2.24) is 4.90 Å². The molecule has 1 N–H and O–H groups in total. The molecule has 0 aliphatic carbocycles. The number of carboxylic acid groups (broad SMARTS) is 1. The topological polar surface area (TPSA) is 40.5 Å². The molecule has 0 amide bonds. The zero-order chi connectivity index (χ0) is 14.6. The number of carboxylic acids is 1. The van der Waals surface area contributed by atoms with E-state index in [0.717, 1.165) is 21.1 Å². The third-order valence-corrected chi connectivity index (χ3v) is 4.11. The number of rotatable bonds is 6. The van der Waals surface area contributed by atoms with Crippen LogP contribution < -0.4 is 0 Å². The number of nitrogens with zero attached hydrogens (tertiary/aromatic N) is 1. The monoisotopic (exact) mass is 295 g/mol. The molecule has 0 aliphatic rings. The summed E-state index contributed by atoms with van der Waals surface area (Å²) in [6.07, 6.45) is -3.59. The van der Waals surface area contributed by atoms with Gasteiger partial charge < -0.3 is 5.11 Å². The van der Waals surface area contributed by atoms with Crippen molar-refractivity contribution in [3.05, 3.63) is 21.9 Å². The van der Waals surface area contributed by atoms with Gasteiger partial charge in [-0.3, -0.25) is 9.69 Å². The van der Waals surface area contributed by atoms with Crippen molar-refractivity contribution in [3.63, 3.8) is 0 Å². The molecular formula is C12H16F3NO2S. The first-order chi connectivity index (χ1) is 8.73. The fraction of sp³-hybridized carbons (Fsp3) is 0.583. The van der Waals surface area contributed by atoms with Gasteiger partial charge in [-0.1, -0.05) is 6.92 Å². The molecule has 0 saturated heterocycles. The predicted octanol–water partition coefficient (Wildman–Crippen LogP) is 3.32. The number of halogens is 3. The summed E-state index contributed by atoms with van der Waals surface area (Å²) in [5, 5.41) is 8.72. The minimum atomic E-state index is -4.41. The Labute approximate surface area is 113 Å². The smallest absolute Gasteiger partial charge is 0.401 e. The Balaban J connectivity index is 2.86. The van der Waals surface area contributed by atoms with E-state index in [9.17, 15) is 18.0 Å².